The predicted octanol–water partition coefficient (Wildman–Crippen LogP) is 6.40. The van der Waals surface area contributed by atoms with Crippen LogP contribution in [0.25, 0.3) is 17.0 Å². The molecule has 5 rings (SSSR count). The largest absolute Gasteiger partial charge is 0.351 e. The summed E-state index contributed by atoms with van der Waals surface area (Å²) in [5.74, 6) is 0.473. The molecular weight excluding hydrogens is 459 g/mol. The lowest BCUT2D eigenvalue weighted by Gasteiger charge is -2.37. The van der Waals surface area contributed by atoms with Gasteiger partial charge in [-0.1, -0.05) is 59.2 Å². The van der Waals surface area contributed by atoms with E-state index in [0.717, 1.165) is 28.1 Å². The highest BCUT2D eigenvalue weighted by atomic mass is 35.5. The van der Waals surface area contributed by atoms with Crippen molar-refractivity contribution in [2.75, 3.05) is 4.90 Å². The summed E-state index contributed by atoms with van der Waals surface area (Å²) in [5.41, 5.74) is 4.06. The van der Waals surface area contributed by atoms with Gasteiger partial charge in [0.15, 0.2) is 5.11 Å². The maximum absolute atomic E-state index is 13.5. The molecule has 1 N–H and O–H groups in total. The molecule has 0 bridgehead atoms. The second-order valence-electron chi connectivity index (χ2n) is 7.54. The SMILES string of the molecule is CC1=C(c2nc(-c3cccc(Cl)c3)no2)C(c2ccccc2)NC(=S)N1c1ccc(F)cc1. The number of hydrogen-bond donors (Lipinski definition) is 1. The summed E-state index contributed by atoms with van der Waals surface area (Å²) in [6.45, 7) is 1.94. The van der Waals surface area contributed by atoms with E-state index < -0.39 is 0 Å². The van der Waals surface area contributed by atoms with Crippen LogP contribution in [-0.4, -0.2) is 15.3 Å². The molecule has 0 saturated carbocycles. The van der Waals surface area contributed by atoms with Crippen molar-refractivity contribution in [2.45, 2.75) is 13.0 Å². The van der Waals surface area contributed by atoms with Crippen molar-refractivity contribution in [2.24, 2.45) is 0 Å². The van der Waals surface area contributed by atoms with E-state index in [4.69, 9.17) is 28.3 Å². The molecule has 1 unspecified atom stereocenters. The zero-order valence-corrected chi connectivity index (χ0v) is 19.1. The minimum atomic E-state index is -0.318. The first kappa shape index (κ1) is 21.3. The van der Waals surface area contributed by atoms with Gasteiger partial charge in [-0.25, -0.2) is 4.39 Å². The van der Waals surface area contributed by atoms with E-state index in [-0.39, 0.29) is 11.9 Å². The number of nitrogens with zero attached hydrogens (tertiary/aromatic N) is 3. The zero-order valence-electron chi connectivity index (χ0n) is 17.5. The Morgan fingerprint density at radius 1 is 1.03 bits per heavy atom. The first-order valence-corrected chi connectivity index (χ1v) is 11.0. The number of aromatic nitrogens is 2. The van der Waals surface area contributed by atoms with Crippen LogP contribution in [0.4, 0.5) is 10.1 Å². The fraction of sp³-hybridized carbons (Fsp3) is 0.0800. The van der Waals surface area contributed by atoms with E-state index in [1.165, 1.54) is 12.1 Å². The molecule has 1 aliphatic heterocycles. The van der Waals surface area contributed by atoms with Crippen LogP contribution in [0.1, 0.15) is 24.4 Å². The Kier molecular flexibility index (Phi) is 5.66. The van der Waals surface area contributed by atoms with Gasteiger partial charge < -0.3 is 9.84 Å². The maximum atomic E-state index is 13.5. The minimum Gasteiger partial charge on any atom is -0.351 e. The summed E-state index contributed by atoms with van der Waals surface area (Å²) in [6, 6.07) is 23.0. The van der Waals surface area contributed by atoms with Crippen LogP contribution >= 0.6 is 23.8 Å². The van der Waals surface area contributed by atoms with Crippen LogP contribution in [-0.2, 0) is 0 Å². The Hall–Kier alpha value is -3.55. The topological polar surface area (TPSA) is 54.2 Å². The minimum absolute atomic E-state index is 0.303. The van der Waals surface area contributed by atoms with Gasteiger partial charge in [0.25, 0.3) is 5.89 Å². The molecule has 0 aliphatic carbocycles. The Bertz CT molecular complexity index is 1350. The number of anilines is 1. The average molecular weight is 477 g/mol. The number of thiocarbonyl (C=S) groups is 1. The Morgan fingerprint density at radius 2 is 1.79 bits per heavy atom. The monoisotopic (exact) mass is 476 g/mol. The van der Waals surface area contributed by atoms with Gasteiger partial charge in [-0.2, -0.15) is 4.98 Å². The van der Waals surface area contributed by atoms with E-state index in [9.17, 15) is 4.39 Å². The Labute approximate surface area is 200 Å². The van der Waals surface area contributed by atoms with Crippen LogP contribution in [0.15, 0.2) is 89.1 Å². The van der Waals surface area contributed by atoms with E-state index in [1.54, 1.807) is 24.3 Å². The summed E-state index contributed by atoms with van der Waals surface area (Å²) in [5, 5.41) is 8.65. The molecule has 1 aromatic heterocycles. The summed E-state index contributed by atoms with van der Waals surface area (Å²) < 4.78 is 19.3. The second-order valence-corrected chi connectivity index (χ2v) is 8.36. The summed E-state index contributed by atoms with van der Waals surface area (Å²) in [7, 11) is 0. The van der Waals surface area contributed by atoms with Crippen LogP contribution in [0.3, 0.4) is 0 Å². The van der Waals surface area contributed by atoms with Crippen molar-refractivity contribution >= 4 is 40.2 Å². The molecule has 0 spiro atoms. The first-order valence-electron chi connectivity index (χ1n) is 10.2. The van der Waals surface area contributed by atoms with Crippen LogP contribution in [0, 0.1) is 5.82 Å². The van der Waals surface area contributed by atoms with Gasteiger partial charge in [0.1, 0.15) is 5.82 Å². The number of rotatable bonds is 4. The molecule has 33 heavy (non-hydrogen) atoms. The molecule has 164 valence electrons. The van der Waals surface area contributed by atoms with Gasteiger partial charge >= 0.3 is 0 Å². The lowest BCUT2D eigenvalue weighted by molar-refractivity contribution is 0.404. The van der Waals surface area contributed by atoms with Crippen molar-refractivity contribution < 1.29 is 8.91 Å². The molecule has 8 heteroatoms. The molecule has 1 atom stereocenters. The Balaban J connectivity index is 1.65. The van der Waals surface area contributed by atoms with Gasteiger partial charge in [0.2, 0.25) is 5.82 Å². The molecule has 5 nitrogen and oxygen atoms in total. The maximum Gasteiger partial charge on any atom is 0.258 e. The molecule has 0 fully saturated rings. The molecule has 0 saturated heterocycles. The van der Waals surface area contributed by atoms with Gasteiger partial charge in [-0.05, 0) is 61.1 Å². The third-order valence-electron chi connectivity index (χ3n) is 5.44. The standard InChI is InChI=1S/C25H18ClFN4OS/c1-15-21(24-29-23(30-32-24)17-8-5-9-18(26)14-17)22(16-6-3-2-4-7-16)28-25(33)31(15)20-12-10-19(27)11-13-20/h2-14,22H,1H3,(H,28,33). The van der Waals surface area contributed by atoms with Crippen LogP contribution < -0.4 is 10.2 Å². The smallest absolute Gasteiger partial charge is 0.258 e. The molecule has 4 aromatic rings. The second kappa shape index (κ2) is 8.77. The lowest BCUT2D eigenvalue weighted by atomic mass is 9.94. The van der Waals surface area contributed by atoms with Crippen molar-refractivity contribution in [3.05, 3.63) is 107 Å². The number of allylic oxidation sites excluding steroid dienone is 1. The van der Waals surface area contributed by atoms with E-state index in [2.05, 4.69) is 15.5 Å². The van der Waals surface area contributed by atoms with Gasteiger partial charge in [0, 0.05) is 22.0 Å². The predicted molar refractivity (Wildman–Crippen MR) is 131 cm³/mol. The molecule has 2 heterocycles. The number of nitrogens with one attached hydrogen (secondary N) is 1. The molecule has 1 aliphatic rings. The van der Waals surface area contributed by atoms with Gasteiger partial charge in [-0.3, -0.25) is 4.90 Å². The third-order valence-corrected chi connectivity index (χ3v) is 5.98. The summed E-state index contributed by atoms with van der Waals surface area (Å²) in [4.78, 5) is 6.51. The summed E-state index contributed by atoms with van der Waals surface area (Å²) >= 11 is 11.8. The zero-order chi connectivity index (χ0) is 22.9. The fourth-order valence-electron chi connectivity index (χ4n) is 3.89. The highest BCUT2D eigenvalue weighted by Gasteiger charge is 2.34. The number of benzene rings is 3. The number of halogens is 2. The lowest BCUT2D eigenvalue weighted by Crippen LogP contribution is -2.46. The molecule has 0 radical (unpaired) electrons. The van der Waals surface area contributed by atoms with Gasteiger partial charge in [-0.15, -0.1) is 0 Å². The highest BCUT2D eigenvalue weighted by molar-refractivity contribution is 7.80. The van der Waals surface area contributed by atoms with E-state index >= 15 is 0 Å². The molecular formula is C25H18ClFN4OS. The third kappa shape index (κ3) is 4.13. The summed E-state index contributed by atoms with van der Waals surface area (Å²) in [6.07, 6.45) is 0. The first-order chi connectivity index (χ1) is 16.0. The normalized spacial score (nSPS) is 16.2. The van der Waals surface area contributed by atoms with Crippen molar-refractivity contribution in [3.8, 4) is 11.4 Å². The van der Waals surface area contributed by atoms with Crippen molar-refractivity contribution in [1.29, 1.82) is 0 Å². The fourth-order valence-corrected chi connectivity index (χ4v) is 4.44. The molecule has 3 aromatic carbocycles. The van der Waals surface area contributed by atoms with Gasteiger partial charge in [0.05, 0.1) is 11.6 Å². The average Bonchev–Trinajstić information content (AvgIpc) is 3.30. The highest BCUT2D eigenvalue weighted by Crippen LogP contribution is 2.39. The Morgan fingerprint density at radius 3 is 2.52 bits per heavy atom. The van der Waals surface area contributed by atoms with Crippen LogP contribution in [0.5, 0.6) is 0 Å². The van der Waals surface area contributed by atoms with Crippen molar-refractivity contribution in [1.82, 2.24) is 15.5 Å². The molecule has 0 amide bonds. The van der Waals surface area contributed by atoms with Crippen LogP contribution in [0.2, 0.25) is 5.02 Å². The van der Waals surface area contributed by atoms with E-state index in [0.29, 0.717) is 21.9 Å². The quantitative estimate of drug-likeness (QED) is 0.344. The number of hydrogen-bond acceptors (Lipinski definition) is 4. The van der Waals surface area contributed by atoms with Crippen molar-refractivity contribution in [3.63, 3.8) is 0 Å². The van der Waals surface area contributed by atoms with E-state index in [1.807, 2.05) is 54.3 Å².